The van der Waals surface area contributed by atoms with Gasteiger partial charge in [0.1, 0.15) is 5.82 Å². The van der Waals surface area contributed by atoms with Crippen LogP contribution in [-0.4, -0.2) is 83.1 Å². The SMILES string of the molecule is C=C(F)C(=O)N1CCN(c2nc(OCC3C[C@]3(C)N(C)C3CCC3)nc3c2CCN(c2cccc4cccc(Cl)c24)C3)CC1CC#N. The Kier molecular flexibility index (Phi) is 8.48. The van der Waals surface area contributed by atoms with Gasteiger partial charge in [0, 0.05) is 60.3 Å². The monoisotopic (exact) mass is 657 g/mol. The predicted octanol–water partition coefficient (Wildman–Crippen LogP) is 5.90. The van der Waals surface area contributed by atoms with Crippen LogP contribution in [0.1, 0.15) is 50.3 Å². The van der Waals surface area contributed by atoms with Crippen molar-refractivity contribution in [1.82, 2.24) is 19.8 Å². The summed E-state index contributed by atoms with van der Waals surface area (Å²) < 4.78 is 20.3. The summed E-state index contributed by atoms with van der Waals surface area (Å²) in [7, 11) is 2.24. The van der Waals surface area contributed by atoms with Crippen molar-refractivity contribution in [2.24, 2.45) is 5.92 Å². The maximum Gasteiger partial charge on any atom is 0.318 e. The molecule has 0 spiro atoms. The molecule has 9 nitrogen and oxygen atoms in total. The number of anilines is 2. The number of aromatic nitrogens is 2. The van der Waals surface area contributed by atoms with Crippen molar-refractivity contribution in [3.8, 4) is 12.1 Å². The number of nitrogens with zero attached hydrogens (tertiary/aromatic N) is 7. The van der Waals surface area contributed by atoms with Crippen molar-refractivity contribution >= 4 is 39.8 Å². The van der Waals surface area contributed by atoms with E-state index >= 15 is 0 Å². The first kappa shape index (κ1) is 31.6. The summed E-state index contributed by atoms with van der Waals surface area (Å²) >= 11 is 6.72. The van der Waals surface area contributed by atoms with Crippen LogP contribution in [0.15, 0.2) is 48.8 Å². The van der Waals surface area contributed by atoms with Gasteiger partial charge in [-0.1, -0.05) is 48.9 Å². The third kappa shape index (κ3) is 5.89. The number of nitriles is 1. The highest BCUT2D eigenvalue weighted by Crippen LogP contribution is 2.50. The molecule has 0 bridgehead atoms. The zero-order chi connectivity index (χ0) is 32.9. The molecule has 2 unspecified atom stereocenters. The van der Waals surface area contributed by atoms with Crippen LogP contribution in [0.2, 0.25) is 5.02 Å². The highest BCUT2D eigenvalue weighted by Gasteiger charge is 2.55. The summed E-state index contributed by atoms with van der Waals surface area (Å²) in [5.74, 6) is -0.615. The number of halogens is 2. The van der Waals surface area contributed by atoms with Gasteiger partial charge in [-0.25, -0.2) is 4.39 Å². The Bertz CT molecular complexity index is 1750. The summed E-state index contributed by atoms with van der Waals surface area (Å²) in [6, 6.07) is 14.9. The Hall–Kier alpha value is -3.94. The number of carbonyl (C=O) groups is 1. The molecule has 3 aromatic rings. The first-order valence-electron chi connectivity index (χ1n) is 16.6. The summed E-state index contributed by atoms with van der Waals surface area (Å²) in [6.45, 7) is 8.41. The van der Waals surface area contributed by atoms with Crippen molar-refractivity contribution < 1.29 is 13.9 Å². The lowest BCUT2D eigenvalue weighted by molar-refractivity contribution is -0.131. The molecule has 1 saturated heterocycles. The van der Waals surface area contributed by atoms with E-state index < -0.39 is 17.8 Å². The van der Waals surface area contributed by atoms with Crippen molar-refractivity contribution in [2.45, 2.75) is 69.6 Å². The Morgan fingerprint density at radius 1 is 1.19 bits per heavy atom. The van der Waals surface area contributed by atoms with Crippen LogP contribution < -0.4 is 14.5 Å². The molecule has 0 radical (unpaired) electrons. The van der Waals surface area contributed by atoms with Gasteiger partial charge in [0.2, 0.25) is 0 Å². The van der Waals surface area contributed by atoms with Crippen LogP contribution in [0.5, 0.6) is 6.01 Å². The fourth-order valence-corrected chi connectivity index (χ4v) is 7.97. The molecule has 2 aliphatic heterocycles. The van der Waals surface area contributed by atoms with E-state index in [0.29, 0.717) is 55.7 Å². The van der Waals surface area contributed by atoms with E-state index in [1.165, 1.54) is 24.2 Å². The van der Waals surface area contributed by atoms with Crippen LogP contribution in [-0.2, 0) is 17.8 Å². The van der Waals surface area contributed by atoms with E-state index in [0.717, 1.165) is 46.5 Å². The van der Waals surface area contributed by atoms with Gasteiger partial charge < -0.3 is 19.4 Å². The van der Waals surface area contributed by atoms with Gasteiger partial charge in [-0.3, -0.25) is 9.69 Å². The molecule has 3 fully saturated rings. The van der Waals surface area contributed by atoms with Crippen molar-refractivity contribution in [3.63, 3.8) is 0 Å². The zero-order valence-electron chi connectivity index (χ0n) is 27.1. The van der Waals surface area contributed by atoms with Crippen LogP contribution in [0.25, 0.3) is 10.8 Å². The molecule has 0 N–H and O–H groups in total. The Morgan fingerprint density at radius 3 is 2.70 bits per heavy atom. The number of benzene rings is 2. The quantitative estimate of drug-likeness (QED) is 0.263. The first-order valence-corrected chi connectivity index (χ1v) is 17.0. The molecule has 1 amide bonds. The number of fused-ring (bicyclic) bond motifs is 2. The van der Waals surface area contributed by atoms with E-state index in [1.807, 2.05) is 12.1 Å². The molecule has 3 heterocycles. The fourth-order valence-electron chi connectivity index (χ4n) is 7.69. The number of amides is 1. The van der Waals surface area contributed by atoms with Crippen molar-refractivity contribution in [2.75, 3.05) is 49.6 Å². The molecule has 2 saturated carbocycles. The molecular weight excluding hydrogens is 617 g/mol. The van der Waals surface area contributed by atoms with Gasteiger partial charge in [0.15, 0.2) is 5.83 Å². The number of rotatable bonds is 9. The molecule has 246 valence electrons. The molecule has 11 heteroatoms. The maximum absolute atomic E-state index is 13.9. The Balaban J connectivity index is 1.19. The number of ether oxygens (including phenoxy) is 1. The van der Waals surface area contributed by atoms with E-state index in [2.05, 4.69) is 65.6 Å². The Labute approximate surface area is 280 Å². The number of piperazine rings is 1. The summed E-state index contributed by atoms with van der Waals surface area (Å²) in [6.07, 6.45) is 5.69. The highest BCUT2D eigenvalue weighted by atomic mass is 35.5. The van der Waals surface area contributed by atoms with E-state index in [9.17, 15) is 14.4 Å². The molecule has 3 atom stereocenters. The van der Waals surface area contributed by atoms with Gasteiger partial charge in [-0.05, 0) is 57.2 Å². The number of carbonyl (C=O) groups excluding carboxylic acids is 1. The van der Waals surface area contributed by atoms with Crippen LogP contribution in [0.4, 0.5) is 15.9 Å². The number of hydrogen-bond acceptors (Lipinski definition) is 8. The van der Waals surface area contributed by atoms with E-state index in [-0.39, 0.29) is 18.5 Å². The molecule has 2 aliphatic carbocycles. The molecule has 1 aromatic heterocycles. The van der Waals surface area contributed by atoms with Gasteiger partial charge in [-0.2, -0.15) is 15.2 Å². The zero-order valence-corrected chi connectivity index (χ0v) is 27.8. The van der Waals surface area contributed by atoms with Crippen LogP contribution in [0, 0.1) is 17.2 Å². The Morgan fingerprint density at radius 2 is 1.98 bits per heavy atom. The summed E-state index contributed by atoms with van der Waals surface area (Å²) in [5, 5.41) is 12.4. The second kappa shape index (κ2) is 12.6. The van der Waals surface area contributed by atoms with E-state index in [4.69, 9.17) is 26.3 Å². The third-order valence-electron chi connectivity index (χ3n) is 11.0. The van der Waals surface area contributed by atoms with Crippen molar-refractivity contribution in [3.05, 3.63) is 65.1 Å². The van der Waals surface area contributed by atoms with Gasteiger partial charge in [0.25, 0.3) is 5.91 Å². The highest BCUT2D eigenvalue weighted by molar-refractivity contribution is 6.36. The second-order valence-corrected chi connectivity index (χ2v) is 14.1. The largest absolute Gasteiger partial charge is 0.463 e. The van der Waals surface area contributed by atoms with Gasteiger partial charge in [0.05, 0.1) is 42.4 Å². The average molecular weight is 658 g/mol. The lowest BCUT2D eigenvalue weighted by atomic mass is 9.90. The fraction of sp³-hybridized carbons (Fsp3) is 0.500. The molecule has 47 heavy (non-hydrogen) atoms. The first-order chi connectivity index (χ1) is 22.7. The molecule has 7 rings (SSSR count). The normalized spacial score (nSPS) is 24.1. The average Bonchev–Trinajstić information content (AvgIpc) is 3.72. The standard InChI is InChI=1S/C36H41ClFN7O2/c1-23(38)34(46)45-18-17-44(20-27(45)13-15-39)33-28-14-16-43(31-12-5-8-24-7-4-11-29(37)32(24)31)21-30(28)40-35(41-33)47-22-25-19-36(25,2)42(3)26-9-6-10-26/h4-5,7-8,11-12,25-27H,1,6,9-10,13-14,16-22H2,2-3H3/t25?,27?,36-/m0/s1. The van der Waals surface area contributed by atoms with Crippen LogP contribution >= 0.6 is 11.6 Å². The minimum atomic E-state index is -1.01. The van der Waals surface area contributed by atoms with Crippen LogP contribution in [0.3, 0.4) is 0 Å². The second-order valence-electron chi connectivity index (χ2n) is 13.7. The molecular formula is C36H41ClFN7O2. The minimum Gasteiger partial charge on any atom is -0.463 e. The third-order valence-corrected chi connectivity index (χ3v) is 11.3. The van der Waals surface area contributed by atoms with Gasteiger partial charge >= 0.3 is 6.01 Å². The lowest BCUT2D eigenvalue weighted by Crippen LogP contribution is -2.55. The van der Waals surface area contributed by atoms with Gasteiger partial charge in [-0.15, -0.1) is 0 Å². The number of hydrogen-bond donors (Lipinski definition) is 0. The predicted molar refractivity (Wildman–Crippen MR) is 181 cm³/mol. The maximum atomic E-state index is 13.9. The minimum absolute atomic E-state index is 0.0799. The molecule has 2 aromatic carbocycles. The summed E-state index contributed by atoms with van der Waals surface area (Å²) in [5.41, 5.74) is 3.10. The smallest absolute Gasteiger partial charge is 0.318 e. The van der Waals surface area contributed by atoms with Crippen molar-refractivity contribution in [1.29, 1.82) is 5.26 Å². The molecule has 4 aliphatic rings. The lowest BCUT2D eigenvalue weighted by Gasteiger charge is -2.42. The topological polar surface area (TPSA) is 88.8 Å². The summed E-state index contributed by atoms with van der Waals surface area (Å²) in [4.78, 5) is 30.9. The van der Waals surface area contributed by atoms with E-state index in [1.54, 1.807) is 0 Å².